The van der Waals surface area contributed by atoms with Crippen LogP contribution in [-0.4, -0.2) is 35.5 Å². The lowest BCUT2D eigenvalue weighted by Gasteiger charge is -2.09. The third-order valence-electron chi connectivity index (χ3n) is 2.87. The van der Waals surface area contributed by atoms with E-state index in [1.165, 1.54) is 6.08 Å². The fourth-order valence-electron chi connectivity index (χ4n) is 1.91. The highest BCUT2D eigenvalue weighted by Gasteiger charge is 2.01. The first-order valence-corrected chi connectivity index (χ1v) is 7.50. The largest absolute Gasteiger partial charge is 0.465 e. The Balaban J connectivity index is 1.73. The maximum absolute atomic E-state index is 11.6. The van der Waals surface area contributed by atoms with Gasteiger partial charge < -0.3 is 20.4 Å². The number of hydrogen-bond acceptors (Lipinski definition) is 6. The molecule has 0 aliphatic heterocycles. The Morgan fingerprint density at radius 3 is 2.74 bits per heavy atom. The number of carbonyl (C=O) groups excluding carboxylic acids is 1. The normalized spacial score (nSPS) is 10.7. The van der Waals surface area contributed by atoms with Gasteiger partial charge in [0.2, 0.25) is 5.91 Å². The van der Waals surface area contributed by atoms with Crippen molar-refractivity contribution in [3.05, 3.63) is 42.1 Å². The summed E-state index contributed by atoms with van der Waals surface area (Å²) in [5.74, 6) is 2.68. The molecule has 122 valence electrons. The van der Waals surface area contributed by atoms with E-state index in [1.54, 1.807) is 24.5 Å². The maximum Gasteiger partial charge on any atom is 0.244 e. The molecule has 0 atom stereocenters. The van der Waals surface area contributed by atoms with Gasteiger partial charge in [-0.25, -0.2) is 9.97 Å². The van der Waals surface area contributed by atoms with E-state index >= 15 is 0 Å². The fraction of sp³-hybridized carbons (Fsp3) is 0.312. The molecule has 2 aromatic heterocycles. The van der Waals surface area contributed by atoms with Gasteiger partial charge in [-0.15, -0.1) is 0 Å². The number of aromatic nitrogens is 2. The molecule has 0 aliphatic carbocycles. The Morgan fingerprint density at radius 2 is 2.04 bits per heavy atom. The summed E-state index contributed by atoms with van der Waals surface area (Å²) >= 11 is 0. The monoisotopic (exact) mass is 315 g/mol. The summed E-state index contributed by atoms with van der Waals surface area (Å²) in [5.41, 5.74) is 0. The van der Waals surface area contributed by atoms with Crippen molar-refractivity contribution in [3.63, 3.8) is 0 Å². The second-order valence-corrected chi connectivity index (χ2v) is 4.78. The van der Waals surface area contributed by atoms with E-state index < -0.39 is 0 Å². The number of amides is 1. The van der Waals surface area contributed by atoms with Gasteiger partial charge in [0, 0.05) is 31.8 Å². The van der Waals surface area contributed by atoms with E-state index in [9.17, 15) is 4.79 Å². The lowest BCUT2D eigenvalue weighted by molar-refractivity contribution is -0.116. The molecule has 0 saturated heterocycles. The molecule has 3 N–H and O–H groups in total. The predicted octanol–water partition coefficient (Wildman–Crippen LogP) is 2.05. The topological polar surface area (TPSA) is 92.1 Å². The zero-order chi connectivity index (χ0) is 16.5. The Bertz CT molecular complexity index is 652. The van der Waals surface area contributed by atoms with Crippen LogP contribution in [0.5, 0.6) is 0 Å². The summed E-state index contributed by atoms with van der Waals surface area (Å²) < 4.78 is 5.11. The molecule has 0 spiro atoms. The lowest BCUT2D eigenvalue weighted by atomic mass is 10.4. The first kappa shape index (κ1) is 16.5. The average molecular weight is 315 g/mol. The second kappa shape index (κ2) is 8.57. The third kappa shape index (κ3) is 5.82. The average Bonchev–Trinajstić information content (AvgIpc) is 3.03. The molecule has 2 rings (SSSR count). The number of anilines is 2. The molecule has 0 radical (unpaired) electrons. The Hall–Kier alpha value is -2.83. The quantitative estimate of drug-likeness (QED) is 0.510. The van der Waals surface area contributed by atoms with Crippen molar-refractivity contribution in [3.8, 4) is 0 Å². The van der Waals surface area contributed by atoms with Crippen LogP contribution in [0.4, 0.5) is 11.6 Å². The van der Waals surface area contributed by atoms with Crippen LogP contribution in [0.25, 0.3) is 6.08 Å². The molecular weight excluding hydrogens is 294 g/mol. The van der Waals surface area contributed by atoms with Crippen LogP contribution >= 0.6 is 0 Å². The molecule has 23 heavy (non-hydrogen) atoms. The first-order valence-electron chi connectivity index (χ1n) is 7.50. The van der Waals surface area contributed by atoms with Gasteiger partial charge in [-0.3, -0.25) is 4.79 Å². The minimum Gasteiger partial charge on any atom is -0.465 e. The zero-order valence-electron chi connectivity index (χ0n) is 13.3. The van der Waals surface area contributed by atoms with Gasteiger partial charge in [-0.2, -0.15) is 0 Å². The van der Waals surface area contributed by atoms with E-state index in [0.29, 0.717) is 24.7 Å². The maximum atomic E-state index is 11.6. The summed E-state index contributed by atoms with van der Waals surface area (Å²) in [7, 11) is 0. The zero-order valence-corrected chi connectivity index (χ0v) is 13.3. The van der Waals surface area contributed by atoms with Crippen molar-refractivity contribution in [2.45, 2.75) is 13.8 Å². The minimum atomic E-state index is -0.171. The van der Waals surface area contributed by atoms with Gasteiger partial charge in [0.25, 0.3) is 0 Å². The molecule has 0 unspecified atom stereocenters. The molecule has 0 saturated carbocycles. The highest BCUT2D eigenvalue weighted by atomic mass is 16.3. The minimum absolute atomic E-state index is 0.171. The number of aryl methyl sites for hydroxylation is 1. The molecule has 0 aliphatic rings. The molecule has 1 amide bonds. The van der Waals surface area contributed by atoms with Gasteiger partial charge >= 0.3 is 0 Å². The highest BCUT2D eigenvalue weighted by Crippen LogP contribution is 2.10. The van der Waals surface area contributed by atoms with Crippen molar-refractivity contribution in [1.82, 2.24) is 15.3 Å². The summed E-state index contributed by atoms with van der Waals surface area (Å²) in [5, 5.41) is 9.09. The fourth-order valence-corrected chi connectivity index (χ4v) is 1.91. The van der Waals surface area contributed by atoms with Crippen LogP contribution in [0.2, 0.25) is 0 Å². The van der Waals surface area contributed by atoms with Crippen LogP contribution in [-0.2, 0) is 4.79 Å². The van der Waals surface area contributed by atoms with Crippen LogP contribution in [0.3, 0.4) is 0 Å². The van der Waals surface area contributed by atoms with E-state index in [1.807, 2.05) is 19.9 Å². The van der Waals surface area contributed by atoms with Crippen LogP contribution in [0.1, 0.15) is 18.5 Å². The molecule has 2 heterocycles. The van der Waals surface area contributed by atoms with Gasteiger partial charge in [-0.1, -0.05) is 0 Å². The molecule has 2 aromatic rings. The van der Waals surface area contributed by atoms with Crippen molar-refractivity contribution >= 4 is 23.6 Å². The van der Waals surface area contributed by atoms with Crippen LogP contribution in [0, 0.1) is 6.92 Å². The van der Waals surface area contributed by atoms with Crippen LogP contribution in [0.15, 0.2) is 35.0 Å². The second-order valence-electron chi connectivity index (χ2n) is 4.78. The van der Waals surface area contributed by atoms with Crippen molar-refractivity contribution < 1.29 is 9.21 Å². The molecule has 0 fully saturated rings. The number of rotatable bonds is 8. The van der Waals surface area contributed by atoms with Crippen molar-refractivity contribution in [2.75, 3.05) is 30.3 Å². The lowest BCUT2D eigenvalue weighted by Crippen LogP contribution is -2.27. The Morgan fingerprint density at radius 1 is 1.26 bits per heavy atom. The number of hydrogen-bond donors (Lipinski definition) is 3. The smallest absolute Gasteiger partial charge is 0.244 e. The van der Waals surface area contributed by atoms with Crippen molar-refractivity contribution in [2.24, 2.45) is 0 Å². The summed E-state index contributed by atoms with van der Waals surface area (Å²) in [6, 6.07) is 5.40. The number of carbonyl (C=O) groups is 1. The molecular formula is C16H21N5O2. The summed E-state index contributed by atoms with van der Waals surface area (Å²) in [4.78, 5) is 20.2. The SMILES string of the molecule is CCNc1cc(NCCNC(=O)/C=C/c2ccco2)nc(C)n1. The number of furan rings is 1. The van der Waals surface area contributed by atoms with E-state index in [0.717, 1.165) is 18.2 Å². The highest BCUT2D eigenvalue weighted by molar-refractivity contribution is 5.91. The third-order valence-corrected chi connectivity index (χ3v) is 2.87. The molecule has 0 bridgehead atoms. The van der Waals surface area contributed by atoms with E-state index in [4.69, 9.17) is 4.42 Å². The van der Waals surface area contributed by atoms with Gasteiger partial charge in [0.1, 0.15) is 23.2 Å². The first-order chi connectivity index (χ1) is 11.2. The van der Waals surface area contributed by atoms with Crippen LogP contribution < -0.4 is 16.0 Å². The van der Waals surface area contributed by atoms with Crippen molar-refractivity contribution in [1.29, 1.82) is 0 Å². The van der Waals surface area contributed by atoms with Gasteiger partial charge in [0.15, 0.2) is 0 Å². The molecule has 0 aromatic carbocycles. The number of nitrogens with zero attached hydrogens (tertiary/aromatic N) is 2. The summed E-state index contributed by atoms with van der Waals surface area (Å²) in [6.07, 6.45) is 4.63. The molecule has 7 nitrogen and oxygen atoms in total. The standard InChI is InChI=1S/C16H21N5O2/c1-3-17-14-11-15(21-12(2)20-14)18-8-9-19-16(22)7-6-13-5-4-10-23-13/h4-7,10-11H,3,8-9H2,1-2H3,(H,19,22)(H2,17,18,20,21)/b7-6+. The Labute approximate surface area is 135 Å². The van der Waals surface area contributed by atoms with E-state index in [-0.39, 0.29) is 5.91 Å². The molecule has 7 heteroatoms. The van der Waals surface area contributed by atoms with Gasteiger partial charge in [-0.05, 0) is 32.1 Å². The van der Waals surface area contributed by atoms with E-state index in [2.05, 4.69) is 25.9 Å². The van der Waals surface area contributed by atoms with Gasteiger partial charge in [0.05, 0.1) is 6.26 Å². The predicted molar refractivity (Wildman–Crippen MR) is 90.2 cm³/mol. The summed E-state index contributed by atoms with van der Waals surface area (Å²) in [6.45, 7) is 5.71. The number of nitrogens with one attached hydrogen (secondary N) is 3. The Kier molecular flexibility index (Phi) is 6.17.